The third-order valence-corrected chi connectivity index (χ3v) is 4.21. The van der Waals surface area contributed by atoms with Crippen molar-refractivity contribution in [3.8, 4) is 5.75 Å². The smallest absolute Gasteiger partial charge is 0.338 e. The van der Waals surface area contributed by atoms with Crippen LogP contribution in [0, 0.1) is 0 Å². The molecule has 1 aromatic carbocycles. The van der Waals surface area contributed by atoms with Crippen LogP contribution in [0.2, 0.25) is 10.0 Å². The van der Waals surface area contributed by atoms with Gasteiger partial charge in [0.05, 0.1) is 34.9 Å². The lowest BCUT2D eigenvalue weighted by molar-refractivity contribution is -0.139. The van der Waals surface area contributed by atoms with Gasteiger partial charge in [0.25, 0.3) is 0 Å². The summed E-state index contributed by atoms with van der Waals surface area (Å²) in [6.07, 6.45) is 0.469. The molecular weight excluding hydrogens is 367 g/mol. The van der Waals surface area contributed by atoms with Crippen molar-refractivity contribution < 1.29 is 19.1 Å². The number of benzene rings is 1. The third-order valence-electron chi connectivity index (χ3n) is 3.65. The second kappa shape index (κ2) is 8.45. The highest BCUT2D eigenvalue weighted by Crippen LogP contribution is 2.38. The van der Waals surface area contributed by atoms with E-state index >= 15 is 0 Å². The molecule has 1 heterocycles. The van der Waals surface area contributed by atoms with E-state index in [1.165, 1.54) is 0 Å². The Bertz CT molecular complexity index is 696. The molecule has 25 heavy (non-hydrogen) atoms. The Morgan fingerprint density at radius 1 is 1.16 bits per heavy atom. The van der Waals surface area contributed by atoms with Crippen molar-refractivity contribution in [3.63, 3.8) is 0 Å². The van der Waals surface area contributed by atoms with Gasteiger partial charge in [0.15, 0.2) is 5.75 Å². The molecule has 1 aliphatic heterocycles. The van der Waals surface area contributed by atoms with Crippen LogP contribution >= 0.6 is 23.2 Å². The molecule has 1 atom stereocenters. The van der Waals surface area contributed by atoms with E-state index < -0.39 is 18.0 Å². The average molecular weight is 387 g/mol. The SMILES string of the molecule is CCOC(=O)C1=C(CC)NC(=O)NC1c1cc(Cl)c(OCC)c(Cl)c1. The number of hydrogen-bond donors (Lipinski definition) is 2. The number of hydrogen-bond acceptors (Lipinski definition) is 4. The summed E-state index contributed by atoms with van der Waals surface area (Å²) in [5.74, 6) is -0.134. The molecule has 0 fully saturated rings. The van der Waals surface area contributed by atoms with Gasteiger partial charge in [-0.1, -0.05) is 30.1 Å². The van der Waals surface area contributed by atoms with Crippen molar-refractivity contribution in [1.82, 2.24) is 10.6 Å². The van der Waals surface area contributed by atoms with Crippen molar-refractivity contribution in [1.29, 1.82) is 0 Å². The number of ether oxygens (including phenoxy) is 2. The Hall–Kier alpha value is -1.92. The monoisotopic (exact) mass is 386 g/mol. The molecule has 1 unspecified atom stereocenters. The van der Waals surface area contributed by atoms with E-state index in [0.717, 1.165) is 0 Å². The molecule has 0 spiro atoms. The normalized spacial score (nSPS) is 17.0. The summed E-state index contributed by atoms with van der Waals surface area (Å²) in [6, 6.07) is 2.13. The Morgan fingerprint density at radius 2 is 1.80 bits per heavy atom. The van der Waals surface area contributed by atoms with Gasteiger partial charge in [-0.05, 0) is 38.0 Å². The van der Waals surface area contributed by atoms with Crippen molar-refractivity contribution >= 4 is 35.2 Å². The van der Waals surface area contributed by atoms with Crippen LogP contribution in [-0.4, -0.2) is 25.2 Å². The number of rotatable bonds is 6. The number of allylic oxidation sites excluding steroid dienone is 1. The van der Waals surface area contributed by atoms with Crippen LogP contribution in [0.5, 0.6) is 5.75 Å². The zero-order valence-electron chi connectivity index (χ0n) is 14.2. The van der Waals surface area contributed by atoms with E-state index in [1.807, 2.05) is 13.8 Å². The van der Waals surface area contributed by atoms with Gasteiger partial charge in [-0.15, -0.1) is 0 Å². The molecule has 136 valence electrons. The number of carbonyl (C=O) groups is 2. The molecular formula is C17H20Cl2N2O4. The first kappa shape index (κ1) is 19.4. The first-order valence-electron chi connectivity index (χ1n) is 8.02. The molecule has 2 N–H and O–H groups in total. The molecule has 1 aromatic rings. The number of nitrogens with one attached hydrogen (secondary N) is 2. The minimum atomic E-state index is -0.714. The summed E-state index contributed by atoms with van der Waals surface area (Å²) < 4.78 is 10.6. The lowest BCUT2D eigenvalue weighted by Gasteiger charge is -2.29. The fourth-order valence-electron chi connectivity index (χ4n) is 2.63. The number of amides is 2. The highest BCUT2D eigenvalue weighted by molar-refractivity contribution is 6.37. The quantitative estimate of drug-likeness (QED) is 0.725. The maximum atomic E-state index is 12.4. The molecule has 8 heteroatoms. The van der Waals surface area contributed by atoms with E-state index in [4.69, 9.17) is 32.7 Å². The largest absolute Gasteiger partial charge is 0.491 e. The van der Waals surface area contributed by atoms with Gasteiger partial charge in [0.1, 0.15) is 0 Å². The molecule has 0 saturated carbocycles. The zero-order chi connectivity index (χ0) is 18.6. The summed E-state index contributed by atoms with van der Waals surface area (Å²) in [4.78, 5) is 24.4. The number of halogens is 2. The summed E-state index contributed by atoms with van der Waals surface area (Å²) >= 11 is 12.5. The predicted octanol–water partition coefficient (Wildman–Crippen LogP) is 3.97. The van der Waals surface area contributed by atoms with Crippen LogP contribution in [0.25, 0.3) is 0 Å². The lowest BCUT2D eigenvalue weighted by atomic mass is 9.94. The molecule has 0 saturated heterocycles. The lowest BCUT2D eigenvalue weighted by Crippen LogP contribution is -2.45. The van der Waals surface area contributed by atoms with E-state index in [1.54, 1.807) is 19.1 Å². The summed E-state index contributed by atoms with van der Waals surface area (Å²) in [6.45, 7) is 6.03. The maximum absolute atomic E-state index is 12.4. The van der Waals surface area contributed by atoms with E-state index in [-0.39, 0.29) is 6.61 Å². The third kappa shape index (κ3) is 4.19. The van der Waals surface area contributed by atoms with Crippen molar-refractivity contribution in [2.24, 2.45) is 0 Å². The number of urea groups is 1. The van der Waals surface area contributed by atoms with Gasteiger partial charge in [-0.25, -0.2) is 9.59 Å². The van der Waals surface area contributed by atoms with Crippen LogP contribution in [0.4, 0.5) is 4.79 Å². The van der Waals surface area contributed by atoms with Crippen LogP contribution in [0.15, 0.2) is 23.4 Å². The first-order valence-corrected chi connectivity index (χ1v) is 8.77. The van der Waals surface area contributed by atoms with E-state index in [0.29, 0.717) is 45.7 Å². The number of esters is 1. The molecule has 0 aromatic heterocycles. The van der Waals surface area contributed by atoms with Crippen LogP contribution in [-0.2, 0) is 9.53 Å². The summed E-state index contributed by atoms with van der Waals surface area (Å²) in [5, 5.41) is 5.99. The van der Waals surface area contributed by atoms with Gasteiger partial charge >= 0.3 is 12.0 Å². The second-order valence-corrected chi connectivity index (χ2v) is 6.06. The molecule has 0 aliphatic carbocycles. The Kier molecular flexibility index (Phi) is 6.56. The zero-order valence-corrected chi connectivity index (χ0v) is 15.8. The van der Waals surface area contributed by atoms with Crippen molar-refractivity contribution in [3.05, 3.63) is 39.0 Å². The van der Waals surface area contributed by atoms with E-state index in [9.17, 15) is 9.59 Å². The van der Waals surface area contributed by atoms with Crippen LogP contribution in [0.3, 0.4) is 0 Å². The number of carbonyl (C=O) groups excluding carboxylic acids is 2. The Morgan fingerprint density at radius 3 is 2.32 bits per heavy atom. The summed E-state index contributed by atoms with van der Waals surface area (Å²) in [5.41, 5.74) is 1.41. The second-order valence-electron chi connectivity index (χ2n) is 5.24. The fourth-order valence-corrected chi connectivity index (χ4v) is 3.24. The Balaban J connectivity index is 2.54. The molecule has 6 nitrogen and oxygen atoms in total. The fraction of sp³-hybridized carbons (Fsp3) is 0.412. The minimum absolute atomic E-state index is 0.227. The standard InChI is InChI=1S/C17H20Cl2N2O4/c1-4-12-13(16(22)25-6-3)14(21-17(23)20-12)9-7-10(18)15(24-5-2)11(19)8-9/h7-8,14H,4-6H2,1-3H3,(H2,20,21,23). The van der Waals surface area contributed by atoms with E-state index in [2.05, 4.69) is 10.6 Å². The minimum Gasteiger partial charge on any atom is -0.491 e. The summed E-state index contributed by atoms with van der Waals surface area (Å²) in [7, 11) is 0. The average Bonchev–Trinajstić information content (AvgIpc) is 2.57. The molecule has 1 aliphatic rings. The highest BCUT2D eigenvalue weighted by Gasteiger charge is 2.33. The van der Waals surface area contributed by atoms with Crippen molar-refractivity contribution in [2.45, 2.75) is 33.2 Å². The maximum Gasteiger partial charge on any atom is 0.338 e. The Labute approximate surface area is 156 Å². The van der Waals surface area contributed by atoms with Gasteiger partial charge < -0.3 is 20.1 Å². The van der Waals surface area contributed by atoms with Gasteiger partial charge in [-0.2, -0.15) is 0 Å². The van der Waals surface area contributed by atoms with Crippen LogP contribution in [0.1, 0.15) is 38.8 Å². The van der Waals surface area contributed by atoms with Crippen LogP contribution < -0.4 is 15.4 Å². The topological polar surface area (TPSA) is 76.7 Å². The van der Waals surface area contributed by atoms with Gasteiger partial charge in [0.2, 0.25) is 0 Å². The molecule has 2 rings (SSSR count). The van der Waals surface area contributed by atoms with Gasteiger partial charge in [-0.3, -0.25) is 0 Å². The first-order chi connectivity index (χ1) is 11.9. The molecule has 0 radical (unpaired) electrons. The molecule has 2 amide bonds. The van der Waals surface area contributed by atoms with Crippen molar-refractivity contribution in [2.75, 3.05) is 13.2 Å². The highest BCUT2D eigenvalue weighted by atomic mass is 35.5. The van der Waals surface area contributed by atoms with Gasteiger partial charge in [0, 0.05) is 5.70 Å². The predicted molar refractivity (Wildman–Crippen MR) is 96.0 cm³/mol. The molecule has 0 bridgehead atoms.